The van der Waals surface area contributed by atoms with Crippen LogP contribution in [0.25, 0.3) is 0 Å². The Balaban J connectivity index is 2.31. The minimum Gasteiger partial charge on any atom is -0.380 e. The first kappa shape index (κ1) is 12.4. The number of aryl methyl sites for hydroxylation is 1. The molecule has 0 bridgehead atoms. The van der Waals surface area contributed by atoms with Crippen molar-refractivity contribution in [3.8, 4) is 0 Å². The Labute approximate surface area is 88.7 Å². The van der Waals surface area contributed by atoms with Crippen LogP contribution < -0.4 is 0 Å². The van der Waals surface area contributed by atoms with Gasteiger partial charge in [0.25, 0.3) is 0 Å². The van der Waals surface area contributed by atoms with E-state index in [-0.39, 0.29) is 6.42 Å². The molecule has 0 aromatic heterocycles. The van der Waals surface area contributed by atoms with Crippen molar-refractivity contribution in [3.63, 3.8) is 0 Å². The molecule has 0 saturated carbocycles. The van der Waals surface area contributed by atoms with Crippen molar-refractivity contribution in [1.29, 1.82) is 0 Å². The van der Waals surface area contributed by atoms with Gasteiger partial charge in [-0.1, -0.05) is 30.3 Å². The molecule has 4 nitrogen and oxygen atoms in total. The lowest BCUT2D eigenvalue weighted by Crippen LogP contribution is -2.07. The monoisotopic (exact) mass is 230 g/mol. The molecule has 1 unspecified atom stereocenters. The standard InChI is InChI=1S/C10H15O4P/c11-10(15(12,13)14)8-4-7-9-5-2-1-3-6-9/h1-3,5-6,10-11H,4,7-8H2,(H2,12,13,14). The summed E-state index contributed by atoms with van der Waals surface area (Å²) in [5.74, 6) is -1.53. The Kier molecular flexibility index (Phi) is 4.48. The molecule has 3 N–H and O–H groups in total. The summed E-state index contributed by atoms with van der Waals surface area (Å²) in [5, 5.41) is 9.10. The summed E-state index contributed by atoms with van der Waals surface area (Å²) >= 11 is 0. The van der Waals surface area contributed by atoms with Gasteiger partial charge in [0.05, 0.1) is 0 Å². The maximum Gasteiger partial charge on any atom is 0.353 e. The molecule has 1 rings (SSSR count). The average molecular weight is 230 g/mol. The number of rotatable bonds is 5. The van der Waals surface area contributed by atoms with Crippen LogP contribution in [0.2, 0.25) is 0 Å². The molecule has 84 valence electrons. The minimum absolute atomic E-state index is 0.124. The van der Waals surface area contributed by atoms with E-state index in [0.29, 0.717) is 6.42 Å². The Hall–Kier alpha value is -0.670. The van der Waals surface area contributed by atoms with Crippen LogP contribution in [0.4, 0.5) is 0 Å². The molecule has 15 heavy (non-hydrogen) atoms. The largest absolute Gasteiger partial charge is 0.380 e. The molecule has 0 aliphatic rings. The van der Waals surface area contributed by atoms with E-state index < -0.39 is 13.4 Å². The van der Waals surface area contributed by atoms with Gasteiger partial charge in [0.1, 0.15) is 0 Å². The van der Waals surface area contributed by atoms with Crippen LogP contribution >= 0.6 is 7.60 Å². The van der Waals surface area contributed by atoms with Gasteiger partial charge in [-0.2, -0.15) is 0 Å². The van der Waals surface area contributed by atoms with Crippen LogP contribution in [-0.4, -0.2) is 20.7 Å². The summed E-state index contributed by atoms with van der Waals surface area (Å²) in [4.78, 5) is 17.3. The van der Waals surface area contributed by atoms with Gasteiger partial charge in [-0.05, 0) is 24.8 Å². The highest BCUT2D eigenvalue weighted by Crippen LogP contribution is 2.41. The molecule has 0 fully saturated rings. The van der Waals surface area contributed by atoms with Crippen LogP contribution in [0.5, 0.6) is 0 Å². The third kappa shape index (κ3) is 4.58. The van der Waals surface area contributed by atoms with E-state index in [1.807, 2.05) is 30.3 Å². The Bertz CT molecular complexity index is 333. The fourth-order valence-electron chi connectivity index (χ4n) is 1.30. The van der Waals surface area contributed by atoms with Gasteiger partial charge in [0.15, 0.2) is 5.85 Å². The summed E-state index contributed by atoms with van der Waals surface area (Å²) in [6.07, 6.45) is 1.41. The predicted molar refractivity (Wildman–Crippen MR) is 57.4 cm³/mol. The van der Waals surface area contributed by atoms with Gasteiger partial charge in [0.2, 0.25) is 0 Å². The number of hydrogen-bond donors (Lipinski definition) is 3. The number of aliphatic hydroxyl groups is 1. The Morgan fingerprint density at radius 2 is 1.80 bits per heavy atom. The fourth-order valence-corrected chi connectivity index (χ4v) is 1.82. The fraction of sp³-hybridized carbons (Fsp3) is 0.400. The average Bonchev–Trinajstić information content (AvgIpc) is 2.18. The molecule has 0 radical (unpaired) electrons. The van der Waals surface area contributed by atoms with Gasteiger partial charge in [-0.25, -0.2) is 0 Å². The second-order valence-electron chi connectivity index (χ2n) is 3.45. The molecule has 0 amide bonds. The Morgan fingerprint density at radius 3 is 2.33 bits per heavy atom. The second-order valence-corrected chi connectivity index (χ2v) is 5.22. The predicted octanol–water partition coefficient (Wildman–Crippen LogP) is 1.51. The number of benzene rings is 1. The van der Waals surface area contributed by atoms with Crippen molar-refractivity contribution in [1.82, 2.24) is 0 Å². The molecule has 0 aliphatic heterocycles. The van der Waals surface area contributed by atoms with Crippen molar-refractivity contribution in [3.05, 3.63) is 35.9 Å². The van der Waals surface area contributed by atoms with Gasteiger partial charge < -0.3 is 14.9 Å². The molecular formula is C10H15O4P. The summed E-state index contributed by atoms with van der Waals surface area (Å²) in [5.41, 5.74) is 1.11. The highest BCUT2D eigenvalue weighted by Gasteiger charge is 2.25. The molecule has 5 heteroatoms. The van der Waals surface area contributed by atoms with Crippen molar-refractivity contribution in [2.75, 3.05) is 0 Å². The van der Waals surface area contributed by atoms with E-state index in [1.54, 1.807) is 0 Å². The zero-order chi connectivity index (χ0) is 11.3. The summed E-state index contributed by atoms with van der Waals surface area (Å²) in [6, 6.07) is 9.63. The molecule has 1 aromatic carbocycles. The van der Waals surface area contributed by atoms with Gasteiger partial charge in [-0.15, -0.1) is 0 Å². The van der Waals surface area contributed by atoms with E-state index in [9.17, 15) is 4.57 Å². The first-order valence-corrected chi connectivity index (χ1v) is 6.45. The molecule has 0 saturated heterocycles. The van der Waals surface area contributed by atoms with E-state index >= 15 is 0 Å². The van der Waals surface area contributed by atoms with Crippen LogP contribution in [-0.2, 0) is 11.0 Å². The van der Waals surface area contributed by atoms with E-state index in [1.165, 1.54) is 0 Å². The normalized spacial score (nSPS) is 13.8. The summed E-state index contributed by atoms with van der Waals surface area (Å²) < 4.78 is 10.6. The molecule has 0 spiro atoms. The Morgan fingerprint density at radius 1 is 1.20 bits per heavy atom. The van der Waals surface area contributed by atoms with Gasteiger partial charge in [0, 0.05) is 0 Å². The number of aliphatic hydroxyl groups excluding tert-OH is 1. The number of hydrogen-bond acceptors (Lipinski definition) is 2. The molecular weight excluding hydrogens is 215 g/mol. The van der Waals surface area contributed by atoms with Crippen LogP contribution in [0, 0.1) is 0 Å². The highest BCUT2D eigenvalue weighted by molar-refractivity contribution is 7.52. The van der Waals surface area contributed by atoms with Crippen molar-refractivity contribution in [2.24, 2.45) is 0 Å². The zero-order valence-corrected chi connectivity index (χ0v) is 9.18. The lowest BCUT2D eigenvalue weighted by molar-refractivity contribution is 0.191. The quantitative estimate of drug-likeness (QED) is 0.670. The smallest absolute Gasteiger partial charge is 0.353 e. The van der Waals surface area contributed by atoms with E-state index in [0.717, 1.165) is 12.0 Å². The third-order valence-electron chi connectivity index (χ3n) is 2.16. The van der Waals surface area contributed by atoms with E-state index in [4.69, 9.17) is 14.9 Å². The first-order chi connectivity index (χ1) is 7.00. The molecule has 0 aliphatic carbocycles. The highest BCUT2D eigenvalue weighted by atomic mass is 31.2. The van der Waals surface area contributed by atoms with Gasteiger partial charge >= 0.3 is 7.60 Å². The zero-order valence-electron chi connectivity index (χ0n) is 8.28. The van der Waals surface area contributed by atoms with Crippen LogP contribution in [0.3, 0.4) is 0 Å². The first-order valence-electron chi connectivity index (χ1n) is 4.77. The summed E-state index contributed by atoms with van der Waals surface area (Å²) in [6.45, 7) is 0. The van der Waals surface area contributed by atoms with Crippen molar-refractivity contribution >= 4 is 7.60 Å². The minimum atomic E-state index is -4.32. The van der Waals surface area contributed by atoms with Gasteiger partial charge in [-0.3, -0.25) is 4.57 Å². The summed E-state index contributed by atoms with van der Waals surface area (Å²) in [7, 11) is -4.32. The van der Waals surface area contributed by atoms with Crippen molar-refractivity contribution in [2.45, 2.75) is 25.1 Å². The van der Waals surface area contributed by atoms with Crippen molar-refractivity contribution < 1.29 is 19.5 Å². The topological polar surface area (TPSA) is 77.8 Å². The second kappa shape index (κ2) is 5.42. The SMILES string of the molecule is O=P(O)(O)C(O)CCCc1ccccc1. The maximum atomic E-state index is 10.6. The molecule has 1 atom stereocenters. The molecule has 1 aromatic rings. The third-order valence-corrected chi connectivity index (χ3v) is 3.19. The lowest BCUT2D eigenvalue weighted by atomic mass is 10.1. The van der Waals surface area contributed by atoms with E-state index in [2.05, 4.69) is 0 Å². The molecule has 0 heterocycles. The van der Waals surface area contributed by atoms with Crippen LogP contribution in [0.1, 0.15) is 18.4 Å². The lowest BCUT2D eigenvalue weighted by Gasteiger charge is -2.11. The maximum absolute atomic E-state index is 10.6. The van der Waals surface area contributed by atoms with Crippen LogP contribution in [0.15, 0.2) is 30.3 Å².